The highest BCUT2D eigenvalue weighted by Gasteiger charge is 2.33. The van der Waals surface area contributed by atoms with Gasteiger partial charge in [0.15, 0.2) is 0 Å². The van der Waals surface area contributed by atoms with Gasteiger partial charge in [-0.2, -0.15) is 0 Å². The minimum Gasteiger partial charge on any atom is -0.392 e. The van der Waals surface area contributed by atoms with E-state index in [1.807, 2.05) is 0 Å². The van der Waals surface area contributed by atoms with Crippen molar-refractivity contribution >= 4 is 0 Å². The molecule has 15 heavy (non-hydrogen) atoms. The van der Waals surface area contributed by atoms with Crippen LogP contribution in [0.2, 0.25) is 0 Å². The van der Waals surface area contributed by atoms with Crippen molar-refractivity contribution in [1.29, 1.82) is 0 Å². The number of aliphatic hydroxyl groups is 1. The molecule has 2 atom stereocenters. The minimum absolute atomic E-state index is 0.0789. The second-order valence-corrected chi connectivity index (χ2v) is 5.69. The van der Waals surface area contributed by atoms with Gasteiger partial charge >= 0.3 is 0 Å². The van der Waals surface area contributed by atoms with Crippen LogP contribution < -0.4 is 0 Å². The Morgan fingerprint density at radius 2 is 1.47 bits per heavy atom. The number of piperidine rings is 1. The van der Waals surface area contributed by atoms with Gasteiger partial charge in [0.05, 0.1) is 6.10 Å². The highest BCUT2D eigenvalue weighted by atomic mass is 16.3. The number of likely N-dealkylation sites (tertiary alicyclic amines) is 1. The molecule has 0 aromatic rings. The van der Waals surface area contributed by atoms with Crippen molar-refractivity contribution in [2.75, 3.05) is 13.1 Å². The number of nitrogens with zero attached hydrogens (tertiary/aromatic N) is 1. The summed E-state index contributed by atoms with van der Waals surface area (Å²) in [6, 6.07) is 0.816. The molecule has 2 rings (SSSR count). The van der Waals surface area contributed by atoms with Gasteiger partial charge in [0, 0.05) is 19.1 Å². The Bertz CT molecular complexity index is 189. The molecule has 2 heteroatoms. The van der Waals surface area contributed by atoms with Crippen molar-refractivity contribution in [3.05, 3.63) is 0 Å². The number of rotatable bonds is 1. The average molecular weight is 211 g/mol. The first kappa shape index (κ1) is 11.4. The van der Waals surface area contributed by atoms with Gasteiger partial charge in [-0.3, -0.25) is 4.90 Å². The highest BCUT2D eigenvalue weighted by Crippen LogP contribution is 2.29. The molecule has 0 amide bonds. The molecule has 1 aliphatic carbocycles. The van der Waals surface area contributed by atoms with Crippen molar-refractivity contribution in [2.24, 2.45) is 11.8 Å². The molecule has 0 bridgehead atoms. The second kappa shape index (κ2) is 4.84. The number of aliphatic hydroxyl groups excluding tert-OH is 1. The van der Waals surface area contributed by atoms with Crippen LogP contribution in [0.3, 0.4) is 0 Å². The maximum absolute atomic E-state index is 9.94. The number of hydrogen-bond acceptors (Lipinski definition) is 2. The second-order valence-electron chi connectivity index (χ2n) is 5.69. The van der Waals surface area contributed by atoms with E-state index in [1.165, 1.54) is 32.1 Å². The van der Waals surface area contributed by atoms with Gasteiger partial charge in [-0.1, -0.05) is 33.1 Å². The zero-order valence-electron chi connectivity index (χ0n) is 10.2. The van der Waals surface area contributed by atoms with Gasteiger partial charge in [-0.05, 0) is 24.7 Å². The van der Waals surface area contributed by atoms with Crippen LogP contribution in [-0.2, 0) is 0 Å². The maximum atomic E-state index is 9.94. The van der Waals surface area contributed by atoms with Crippen molar-refractivity contribution in [3.63, 3.8) is 0 Å². The van der Waals surface area contributed by atoms with Crippen LogP contribution in [0.4, 0.5) is 0 Å². The third-order valence-electron chi connectivity index (χ3n) is 4.30. The van der Waals surface area contributed by atoms with Gasteiger partial charge in [0.2, 0.25) is 0 Å². The molecule has 1 aliphatic heterocycles. The molecule has 0 aromatic heterocycles. The Labute approximate surface area is 93.7 Å². The van der Waals surface area contributed by atoms with Crippen molar-refractivity contribution < 1.29 is 5.11 Å². The van der Waals surface area contributed by atoms with Crippen LogP contribution in [0.25, 0.3) is 0 Å². The van der Waals surface area contributed by atoms with Crippen LogP contribution >= 0.6 is 0 Å². The van der Waals surface area contributed by atoms with Gasteiger partial charge in [0.1, 0.15) is 0 Å². The molecule has 2 aliphatic rings. The first-order valence-corrected chi connectivity index (χ1v) is 6.60. The van der Waals surface area contributed by atoms with E-state index in [1.54, 1.807) is 0 Å². The monoisotopic (exact) mass is 211 g/mol. The topological polar surface area (TPSA) is 23.5 Å². The van der Waals surface area contributed by atoms with Crippen LogP contribution in [-0.4, -0.2) is 35.2 Å². The Morgan fingerprint density at radius 1 is 0.933 bits per heavy atom. The summed E-state index contributed by atoms with van der Waals surface area (Å²) >= 11 is 0. The predicted octanol–water partition coefficient (Wildman–Crippen LogP) is 2.27. The lowest BCUT2D eigenvalue weighted by Crippen LogP contribution is -2.51. The van der Waals surface area contributed by atoms with Crippen LogP contribution in [0.5, 0.6) is 0 Å². The Hall–Kier alpha value is -0.0800. The van der Waals surface area contributed by atoms with Crippen molar-refractivity contribution in [1.82, 2.24) is 4.90 Å². The summed E-state index contributed by atoms with van der Waals surface area (Å²) in [5, 5.41) is 9.94. The lowest BCUT2D eigenvalue weighted by Gasteiger charge is -2.44. The van der Waals surface area contributed by atoms with Gasteiger partial charge in [-0.15, -0.1) is 0 Å². The summed E-state index contributed by atoms with van der Waals surface area (Å²) in [6.45, 7) is 6.60. The first-order valence-electron chi connectivity index (χ1n) is 6.60. The molecule has 1 N–H and O–H groups in total. The largest absolute Gasteiger partial charge is 0.392 e. The van der Waals surface area contributed by atoms with Crippen LogP contribution in [0.15, 0.2) is 0 Å². The molecule has 2 unspecified atom stereocenters. The SMILES string of the molecule is CC1CN(C2CCCCC2)CC(C)C1O. The van der Waals surface area contributed by atoms with Gasteiger partial charge in [0.25, 0.3) is 0 Å². The molecular formula is C13H25NO. The van der Waals surface area contributed by atoms with E-state index in [-0.39, 0.29) is 6.10 Å². The van der Waals surface area contributed by atoms with Gasteiger partial charge in [-0.25, -0.2) is 0 Å². The summed E-state index contributed by atoms with van der Waals surface area (Å²) in [4.78, 5) is 2.64. The summed E-state index contributed by atoms with van der Waals surface area (Å²) in [6.07, 6.45) is 6.94. The molecule has 2 nitrogen and oxygen atoms in total. The van der Waals surface area contributed by atoms with E-state index in [2.05, 4.69) is 18.7 Å². The third-order valence-corrected chi connectivity index (χ3v) is 4.30. The standard InChI is InChI=1S/C13H25NO/c1-10-8-14(9-11(2)13(10)15)12-6-4-3-5-7-12/h10-13,15H,3-9H2,1-2H3. The fraction of sp³-hybridized carbons (Fsp3) is 1.00. The molecule has 88 valence electrons. The lowest BCUT2D eigenvalue weighted by atomic mass is 9.85. The van der Waals surface area contributed by atoms with E-state index in [9.17, 15) is 5.11 Å². The summed E-state index contributed by atoms with van der Waals surface area (Å²) < 4.78 is 0. The first-order chi connectivity index (χ1) is 7.18. The van der Waals surface area contributed by atoms with E-state index < -0.39 is 0 Å². The Morgan fingerprint density at radius 3 is 2.00 bits per heavy atom. The van der Waals surface area contributed by atoms with Crippen molar-refractivity contribution in [2.45, 2.75) is 58.1 Å². The highest BCUT2D eigenvalue weighted by molar-refractivity contribution is 4.86. The molecule has 1 saturated carbocycles. The Kier molecular flexibility index (Phi) is 3.68. The van der Waals surface area contributed by atoms with Crippen LogP contribution in [0.1, 0.15) is 46.0 Å². The maximum Gasteiger partial charge on any atom is 0.0615 e. The summed E-state index contributed by atoms with van der Waals surface area (Å²) in [5.41, 5.74) is 0. The minimum atomic E-state index is -0.0789. The molecule has 0 spiro atoms. The molecule has 0 aromatic carbocycles. The average Bonchev–Trinajstić information content (AvgIpc) is 2.26. The zero-order valence-corrected chi connectivity index (χ0v) is 10.2. The number of hydrogen-bond donors (Lipinski definition) is 1. The lowest BCUT2D eigenvalue weighted by molar-refractivity contribution is -0.0283. The van der Waals surface area contributed by atoms with Gasteiger partial charge < -0.3 is 5.11 Å². The zero-order chi connectivity index (χ0) is 10.8. The quantitative estimate of drug-likeness (QED) is 0.719. The van der Waals surface area contributed by atoms with E-state index >= 15 is 0 Å². The third kappa shape index (κ3) is 2.54. The van der Waals surface area contributed by atoms with Crippen LogP contribution in [0, 0.1) is 11.8 Å². The smallest absolute Gasteiger partial charge is 0.0615 e. The molecule has 1 heterocycles. The summed E-state index contributed by atoms with van der Waals surface area (Å²) in [5.74, 6) is 0.909. The predicted molar refractivity (Wildman–Crippen MR) is 62.8 cm³/mol. The fourth-order valence-electron chi connectivity index (χ4n) is 3.34. The Balaban J connectivity index is 1.92. The fourth-order valence-corrected chi connectivity index (χ4v) is 3.34. The van der Waals surface area contributed by atoms with Crippen molar-refractivity contribution in [3.8, 4) is 0 Å². The molecule has 2 fully saturated rings. The van der Waals surface area contributed by atoms with E-state index in [4.69, 9.17) is 0 Å². The molecular weight excluding hydrogens is 186 g/mol. The molecule has 0 radical (unpaired) electrons. The van der Waals surface area contributed by atoms with E-state index in [0.717, 1.165) is 19.1 Å². The molecule has 1 saturated heterocycles. The summed E-state index contributed by atoms with van der Waals surface area (Å²) in [7, 11) is 0. The normalized spacial score (nSPS) is 40.6. The van der Waals surface area contributed by atoms with E-state index in [0.29, 0.717) is 11.8 Å².